The molecular weight excluding hydrogens is 248 g/mol. The summed E-state index contributed by atoms with van der Waals surface area (Å²) in [4.78, 5) is 7.67. The van der Waals surface area contributed by atoms with Crippen LogP contribution in [-0.4, -0.2) is 9.97 Å². The van der Waals surface area contributed by atoms with Gasteiger partial charge in [-0.25, -0.2) is 4.98 Å². The molecule has 0 unspecified atom stereocenters. The molecule has 0 saturated heterocycles. The Hall–Kier alpha value is -0.220. The summed E-state index contributed by atoms with van der Waals surface area (Å²) in [6, 6.07) is 0. The molecule has 0 amide bonds. The van der Waals surface area contributed by atoms with E-state index in [0.29, 0.717) is 4.64 Å². The van der Waals surface area contributed by atoms with Gasteiger partial charge in [0.2, 0.25) is 0 Å². The van der Waals surface area contributed by atoms with Crippen LogP contribution in [0.5, 0.6) is 0 Å². The van der Waals surface area contributed by atoms with Gasteiger partial charge >= 0.3 is 0 Å². The molecule has 70 valence electrons. The quantitative estimate of drug-likeness (QED) is 0.784. The fourth-order valence-electron chi connectivity index (χ4n) is 1.28. The van der Waals surface area contributed by atoms with Gasteiger partial charge in [0.05, 0.1) is 4.47 Å². The first kappa shape index (κ1) is 9.34. The van der Waals surface area contributed by atoms with Crippen molar-refractivity contribution in [3.63, 3.8) is 0 Å². The Morgan fingerprint density at radius 3 is 2.62 bits per heavy atom. The van der Waals surface area contributed by atoms with Crippen molar-refractivity contribution < 1.29 is 0 Å². The maximum atomic E-state index is 5.15. The summed E-state index contributed by atoms with van der Waals surface area (Å²) in [7, 11) is 0. The van der Waals surface area contributed by atoms with Crippen LogP contribution in [0.4, 0.5) is 0 Å². The van der Waals surface area contributed by atoms with Crippen LogP contribution >= 0.6 is 28.1 Å². The largest absolute Gasteiger partial charge is 0.346 e. The van der Waals surface area contributed by atoms with Crippen molar-refractivity contribution >= 4 is 28.1 Å². The van der Waals surface area contributed by atoms with Gasteiger partial charge in [0.1, 0.15) is 10.5 Å². The minimum absolute atomic E-state index is 0.263. The molecule has 1 N–H and O–H groups in total. The van der Waals surface area contributed by atoms with Gasteiger partial charge < -0.3 is 4.98 Å². The van der Waals surface area contributed by atoms with Gasteiger partial charge in [-0.1, -0.05) is 19.1 Å². The van der Waals surface area contributed by atoms with E-state index in [1.807, 2.05) is 6.92 Å². The zero-order chi connectivity index (χ0) is 9.64. The van der Waals surface area contributed by atoms with Crippen LogP contribution in [0.25, 0.3) is 0 Å². The Bertz CT molecular complexity index is 407. The van der Waals surface area contributed by atoms with Crippen LogP contribution in [-0.2, 0) is 5.41 Å². The first-order chi connectivity index (χ1) is 6.03. The van der Waals surface area contributed by atoms with Gasteiger partial charge in [0.15, 0.2) is 0 Å². The predicted molar refractivity (Wildman–Crippen MR) is 58.4 cm³/mol. The normalized spacial score (nSPS) is 18.7. The van der Waals surface area contributed by atoms with E-state index in [2.05, 4.69) is 32.8 Å². The third-order valence-electron chi connectivity index (χ3n) is 2.61. The number of aromatic nitrogens is 2. The van der Waals surface area contributed by atoms with Crippen molar-refractivity contribution in [2.75, 3.05) is 0 Å². The lowest BCUT2D eigenvalue weighted by molar-refractivity contribution is 0.698. The van der Waals surface area contributed by atoms with Crippen LogP contribution < -0.4 is 0 Å². The highest BCUT2D eigenvalue weighted by Gasteiger charge is 2.41. The number of rotatable bonds is 1. The van der Waals surface area contributed by atoms with Crippen molar-refractivity contribution in [1.82, 2.24) is 9.97 Å². The van der Waals surface area contributed by atoms with E-state index >= 15 is 0 Å². The summed E-state index contributed by atoms with van der Waals surface area (Å²) < 4.78 is 1.58. The Labute approximate surface area is 90.9 Å². The van der Waals surface area contributed by atoms with Crippen LogP contribution in [0.15, 0.2) is 4.47 Å². The highest BCUT2D eigenvalue weighted by atomic mass is 79.9. The SMILES string of the molecule is Cc1[nH]c(C2(C)CC2)nc(=S)c1Br. The van der Waals surface area contributed by atoms with Gasteiger partial charge in [-0.2, -0.15) is 0 Å². The minimum atomic E-state index is 0.263. The highest BCUT2D eigenvalue weighted by Crippen LogP contribution is 2.46. The summed E-state index contributed by atoms with van der Waals surface area (Å²) in [6.07, 6.45) is 2.43. The standard InChI is InChI=1S/C9H11BrN2S/c1-5-6(10)7(13)12-8(11-5)9(2)3-4-9/h3-4H2,1-2H3,(H,11,12,13). The van der Waals surface area contributed by atoms with Crippen molar-refractivity contribution in [2.24, 2.45) is 0 Å². The molecule has 1 heterocycles. The Kier molecular flexibility index (Phi) is 2.07. The average molecular weight is 259 g/mol. The summed E-state index contributed by atoms with van der Waals surface area (Å²) in [5, 5.41) is 0. The second-order valence-electron chi connectivity index (χ2n) is 3.89. The van der Waals surface area contributed by atoms with E-state index in [9.17, 15) is 0 Å². The predicted octanol–water partition coefficient (Wildman–Crippen LogP) is 3.26. The number of hydrogen-bond acceptors (Lipinski definition) is 2. The maximum Gasteiger partial charge on any atom is 0.144 e. The summed E-state index contributed by atoms with van der Waals surface area (Å²) in [5.41, 5.74) is 1.34. The Morgan fingerprint density at radius 2 is 2.15 bits per heavy atom. The van der Waals surface area contributed by atoms with Crippen molar-refractivity contribution in [1.29, 1.82) is 0 Å². The fourth-order valence-corrected chi connectivity index (χ4v) is 1.71. The van der Waals surface area contributed by atoms with Gasteiger partial charge in [-0.15, -0.1) is 0 Å². The van der Waals surface area contributed by atoms with E-state index in [4.69, 9.17) is 12.2 Å². The van der Waals surface area contributed by atoms with Gasteiger partial charge in [-0.3, -0.25) is 0 Å². The van der Waals surface area contributed by atoms with Gasteiger partial charge in [0.25, 0.3) is 0 Å². The second kappa shape index (κ2) is 2.89. The van der Waals surface area contributed by atoms with Crippen molar-refractivity contribution in [3.8, 4) is 0 Å². The molecular formula is C9H11BrN2S. The number of nitrogens with one attached hydrogen (secondary N) is 1. The van der Waals surface area contributed by atoms with E-state index in [-0.39, 0.29) is 5.41 Å². The first-order valence-electron chi connectivity index (χ1n) is 4.30. The summed E-state index contributed by atoms with van der Waals surface area (Å²) in [5.74, 6) is 1.04. The smallest absolute Gasteiger partial charge is 0.144 e. The average Bonchev–Trinajstić information content (AvgIpc) is 2.80. The molecule has 0 bridgehead atoms. The zero-order valence-electron chi connectivity index (χ0n) is 7.65. The van der Waals surface area contributed by atoms with E-state index in [1.165, 1.54) is 12.8 Å². The number of aromatic amines is 1. The number of halogens is 1. The fraction of sp³-hybridized carbons (Fsp3) is 0.556. The zero-order valence-corrected chi connectivity index (χ0v) is 10.1. The molecule has 4 heteroatoms. The van der Waals surface area contributed by atoms with Gasteiger partial charge in [-0.05, 0) is 35.7 Å². The van der Waals surface area contributed by atoms with Crippen LogP contribution in [0.2, 0.25) is 0 Å². The van der Waals surface area contributed by atoms with E-state index in [1.54, 1.807) is 0 Å². The second-order valence-corrected chi connectivity index (χ2v) is 5.07. The lowest BCUT2D eigenvalue weighted by Gasteiger charge is -2.09. The summed E-state index contributed by atoms with van der Waals surface area (Å²) in [6.45, 7) is 4.23. The summed E-state index contributed by atoms with van der Waals surface area (Å²) >= 11 is 8.55. The Balaban J connectivity index is 2.56. The van der Waals surface area contributed by atoms with Crippen LogP contribution in [0.1, 0.15) is 31.3 Å². The molecule has 1 saturated carbocycles. The molecule has 2 nitrogen and oxygen atoms in total. The molecule has 13 heavy (non-hydrogen) atoms. The third kappa shape index (κ3) is 1.57. The lowest BCUT2D eigenvalue weighted by Crippen LogP contribution is -2.08. The molecule has 1 aliphatic rings. The number of aryl methyl sites for hydroxylation is 1. The molecule has 1 aromatic heterocycles. The monoisotopic (exact) mass is 258 g/mol. The maximum absolute atomic E-state index is 5.15. The van der Waals surface area contributed by atoms with Crippen molar-refractivity contribution in [2.45, 2.75) is 32.1 Å². The molecule has 2 rings (SSSR count). The molecule has 0 atom stereocenters. The molecule has 1 fully saturated rings. The van der Waals surface area contributed by atoms with Crippen LogP contribution in [0.3, 0.4) is 0 Å². The molecule has 0 aliphatic heterocycles. The first-order valence-corrected chi connectivity index (χ1v) is 5.50. The van der Waals surface area contributed by atoms with E-state index < -0.39 is 0 Å². The van der Waals surface area contributed by atoms with Crippen molar-refractivity contribution in [3.05, 3.63) is 20.6 Å². The number of hydrogen-bond donors (Lipinski definition) is 1. The number of nitrogens with zero attached hydrogens (tertiary/aromatic N) is 1. The number of H-pyrrole nitrogens is 1. The highest BCUT2D eigenvalue weighted by molar-refractivity contribution is 9.10. The third-order valence-corrected chi connectivity index (χ3v) is 4.14. The molecule has 0 radical (unpaired) electrons. The molecule has 0 spiro atoms. The van der Waals surface area contributed by atoms with Crippen LogP contribution in [0, 0.1) is 11.6 Å². The molecule has 1 aromatic rings. The lowest BCUT2D eigenvalue weighted by atomic mass is 10.1. The minimum Gasteiger partial charge on any atom is -0.346 e. The Morgan fingerprint density at radius 1 is 1.54 bits per heavy atom. The van der Waals surface area contributed by atoms with E-state index in [0.717, 1.165) is 16.0 Å². The topological polar surface area (TPSA) is 28.7 Å². The molecule has 0 aromatic carbocycles. The van der Waals surface area contributed by atoms with Gasteiger partial charge in [0, 0.05) is 11.1 Å². The molecule has 1 aliphatic carbocycles.